The van der Waals surface area contributed by atoms with Gasteiger partial charge in [-0.2, -0.15) is 5.26 Å². The second-order valence-electron chi connectivity index (χ2n) is 5.68. The Morgan fingerprint density at radius 3 is 2.67 bits per heavy atom. The Labute approximate surface area is 136 Å². The van der Waals surface area contributed by atoms with Crippen molar-refractivity contribution in [3.8, 4) is 17.5 Å². The molecule has 1 aromatic carbocycles. The van der Waals surface area contributed by atoms with Gasteiger partial charge >= 0.3 is 5.69 Å². The zero-order chi connectivity index (χ0) is 16.8. The predicted molar refractivity (Wildman–Crippen MR) is 87.7 cm³/mol. The highest BCUT2D eigenvalue weighted by molar-refractivity contribution is 5.84. The summed E-state index contributed by atoms with van der Waals surface area (Å²) < 4.78 is 8.05. The van der Waals surface area contributed by atoms with Crippen LogP contribution < -0.4 is 16.0 Å². The highest BCUT2D eigenvalue weighted by Gasteiger charge is 2.25. The number of ether oxygens (including phenoxy) is 1. The number of hydrogen-bond donors (Lipinski definition) is 1. The number of nitrogens with zero attached hydrogens (tertiary/aromatic N) is 3. The fourth-order valence-electron chi connectivity index (χ4n) is 3.37. The topological polar surface area (TPSA) is 92.8 Å². The highest BCUT2D eigenvalue weighted by Crippen LogP contribution is 2.27. The molecule has 0 bridgehead atoms. The minimum absolute atomic E-state index is 0.340. The van der Waals surface area contributed by atoms with Gasteiger partial charge in [0.1, 0.15) is 17.3 Å². The van der Waals surface area contributed by atoms with Crippen molar-refractivity contribution in [3.63, 3.8) is 0 Å². The molecule has 7 heteroatoms. The maximum Gasteiger partial charge on any atom is 0.333 e. The molecule has 4 rings (SSSR count). The second-order valence-corrected chi connectivity index (χ2v) is 5.68. The molecule has 3 heterocycles. The summed E-state index contributed by atoms with van der Waals surface area (Å²) in [5.74, 6) is 0.639. The molecular formula is C17H14N4O3. The summed E-state index contributed by atoms with van der Waals surface area (Å²) in [5, 5.41) is 9.41. The van der Waals surface area contributed by atoms with E-state index in [2.05, 4.69) is 11.1 Å². The van der Waals surface area contributed by atoms with Crippen LogP contribution in [-0.2, 0) is 13.0 Å². The lowest BCUT2D eigenvalue weighted by Gasteiger charge is -2.07. The lowest BCUT2D eigenvalue weighted by Crippen LogP contribution is -2.34. The van der Waals surface area contributed by atoms with Crippen molar-refractivity contribution in [2.45, 2.75) is 19.4 Å². The van der Waals surface area contributed by atoms with Gasteiger partial charge in [-0.3, -0.25) is 4.79 Å². The summed E-state index contributed by atoms with van der Waals surface area (Å²) in [7, 11) is 1.55. The number of fused-ring (bicyclic) bond motifs is 3. The molecule has 2 aromatic heterocycles. The first-order valence-electron chi connectivity index (χ1n) is 7.60. The van der Waals surface area contributed by atoms with E-state index in [-0.39, 0.29) is 0 Å². The number of hydrogen-bond acceptors (Lipinski definition) is 4. The van der Waals surface area contributed by atoms with Gasteiger partial charge in [0.25, 0.3) is 5.56 Å². The van der Waals surface area contributed by atoms with Crippen LogP contribution in [-0.4, -0.2) is 21.2 Å². The van der Waals surface area contributed by atoms with Gasteiger partial charge in [-0.25, -0.2) is 9.36 Å². The van der Waals surface area contributed by atoms with Crippen molar-refractivity contribution < 1.29 is 4.74 Å². The van der Waals surface area contributed by atoms with E-state index in [0.717, 1.165) is 23.1 Å². The van der Waals surface area contributed by atoms with E-state index in [0.29, 0.717) is 34.6 Å². The van der Waals surface area contributed by atoms with Gasteiger partial charge in [-0.15, -0.1) is 0 Å². The minimum Gasteiger partial charge on any atom is -0.497 e. The van der Waals surface area contributed by atoms with Gasteiger partial charge in [0.05, 0.1) is 23.9 Å². The molecule has 0 atom stereocenters. The molecule has 0 saturated carbocycles. The average molecular weight is 322 g/mol. The fourth-order valence-corrected chi connectivity index (χ4v) is 3.37. The number of aromatic nitrogens is 3. The summed E-state index contributed by atoms with van der Waals surface area (Å²) in [6.07, 6.45) is 1.63. The summed E-state index contributed by atoms with van der Waals surface area (Å²) >= 11 is 0. The maximum atomic E-state index is 13.0. The Morgan fingerprint density at radius 2 is 2.00 bits per heavy atom. The van der Waals surface area contributed by atoms with E-state index >= 15 is 0 Å². The van der Waals surface area contributed by atoms with Crippen molar-refractivity contribution in [3.05, 3.63) is 56.4 Å². The zero-order valence-electron chi connectivity index (χ0n) is 13.0. The molecule has 0 unspecified atom stereocenters. The minimum atomic E-state index is -0.557. The van der Waals surface area contributed by atoms with Crippen molar-refractivity contribution in [1.82, 2.24) is 14.1 Å². The first-order chi connectivity index (χ1) is 11.7. The van der Waals surface area contributed by atoms with Crippen LogP contribution in [0.4, 0.5) is 0 Å². The van der Waals surface area contributed by atoms with Crippen molar-refractivity contribution in [2.75, 3.05) is 7.11 Å². The van der Waals surface area contributed by atoms with E-state index in [1.54, 1.807) is 31.4 Å². The lowest BCUT2D eigenvalue weighted by molar-refractivity contribution is 0.414. The first kappa shape index (κ1) is 14.3. The third kappa shape index (κ3) is 1.83. The number of benzene rings is 1. The SMILES string of the molecule is COc1ccc(-n2c(=O)[nH]c3c(C#N)c4n(c3c2=O)CCC4)cc1. The fraction of sp³-hybridized carbons (Fsp3) is 0.235. The van der Waals surface area contributed by atoms with Gasteiger partial charge < -0.3 is 14.3 Å². The molecule has 0 radical (unpaired) electrons. The molecule has 0 saturated heterocycles. The molecule has 24 heavy (non-hydrogen) atoms. The van der Waals surface area contributed by atoms with Crippen LogP contribution in [0.15, 0.2) is 33.9 Å². The van der Waals surface area contributed by atoms with Crippen molar-refractivity contribution >= 4 is 11.0 Å². The Bertz CT molecular complexity index is 1110. The number of H-pyrrole nitrogens is 1. The molecule has 1 aliphatic heterocycles. The molecule has 1 N–H and O–H groups in total. The van der Waals surface area contributed by atoms with E-state index in [1.807, 2.05) is 4.57 Å². The van der Waals surface area contributed by atoms with E-state index in [1.165, 1.54) is 0 Å². The van der Waals surface area contributed by atoms with Gasteiger partial charge in [-0.05, 0) is 37.1 Å². The van der Waals surface area contributed by atoms with Crippen LogP contribution in [0.5, 0.6) is 5.75 Å². The monoisotopic (exact) mass is 322 g/mol. The predicted octanol–water partition coefficient (Wildman–Crippen LogP) is 1.31. The van der Waals surface area contributed by atoms with Crippen molar-refractivity contribution in [2.24, 2.45) is 0 Å². The molecule has 7 nitrogen and oxygen atoms in total. The average Bonchev–Trinajstić information content (AvgIpc) is 3.15. The number of aromatic amines is 1. The Hall–Kier alpha value is -3.27. The van der Waals surface area contributed by atoms with Gasteiger partial charge in [0.15, 0.2) is 0 Å². The number of aryl methyl sites for hydroxylation is 1. The van der Waals surface area contributed by atoms with Crippen LogP contribution in [0.1, 0.15) is 17.7 Å². The molecule has 1 aliphatic rings. The van der Waals surface area contributed by atoms with Crippen LogP contribution in [0, 0.1) is 11.3 Å². The first-order valence-corrected chi connectivity index (χ1v) is 7.60. The highest BCUT2D eigenvalue weighted by atomic mass is 16.5. The number of nitriles is 1. The third-order valence-electron chi connectivity index (χ3n) is 4.45. The van der Waals surface area contributed by atoms with E-state index in [4.69, 9.17) is 4.74 Å². The van der Waals surface area contributed by atoms with Crippen LogP contribution in [0.2, 0.25) is 0 Å². The zero-order valence-corrected chi connectivity index (χ0v) is 13.0. The molecule has 0 aliphatic carbocycles. The standard InChI is InChI=1S/C17H14N4O3/c1-24-11-6-4-10(5-7-11)21-16(22)15-14(19-17(21)23)12(9-18)13-3-2-8-20(13)15/h4-7H,2-3,8H2,1H3,(H,19,23). The normalized spacial score (nSPS) is 13.0. The van der Waals surface area contributed by atoms with Crippen LogP contribution >= 0.6 is 0 Å². The van der Waals surface area contributed by atoms with Crippen LogP contribution in [0.25, 0.3) is 16.7 Å². The Kier molecular flexibility index (Phi) is 3.06. The number of methoxy groups -OCH3 is 1. The van der Waals surface area contributed by atoms with E-state index < -0.39 is 11.2 Å². The van der Waals surface area contributed by atoms with Crippen LogP contribution in [0.3, 0.4) is 0 Å². The smallest absolute Gasteiger partial charge is 0.333 e. The third-order valence-corrected chi connectivity index (χ3v) is 4.45. The van der Waals surface area contributed by atoms with E-state index in [9.17, 15) is 14.9 Å². The Morgan fingerprint density at radius 1 is 1.25 bits per heavy atom. The second kappa shape index (κ2) is 5.13. The number of rotatable bonds is 2. The summed E-state index contributed by atoms with van der Waals surface area (Å²) in [6, 6.07) is 8.81. The van der Waals surface area contributed by atoms with Gasteiger partial charge in [0.2, 0.25) is 0 Å². The summed E-state index contributed by atoms with van der Waals surface area (Å²) in [5.41, 5.74) is 1.44. The largest absolute Gasteiger partial charge is 0.497 e. The molecule has 0 spiro atoms. The summed E-state index contributed by atoms with van der Waals surface area (Å²) in [6.45, 7) is 0.678. The Balaban J connectivity index is 2.06. The van der Waals surface area contributed by atoms with Crippen molar-refractivity contribution in [1.29, 1.82) is 5.26 Å². The van der Waals surface area contributed by atoms with Gasteiger partial charge in [-0.1, -0.05) is 0 Å². The molecule has 0 amide bonds. The lowest BCUT2D eigenvalue weighted by atomic mass is 10.2. The summed E-state index contributed by atoms with van der Waals surface area (Å²) in [4.78, 5) is 28.1. The maximum absolute atomic E-state index is 13.0. The quantitative estimate of drug-likeness (QED) is 0.770. The number of nitrogens with one attached hydrogen (secondary N) is 1. The molecule has 3 aromatic rings. The molecular weight excluding hydrogens is 308 g/mol. The molecule has 0 fully saturated rings. The molecule has 120 valence electrons. The van der Waals surface area contributed by atoms with Gasteiger partial charge in [0, 0.05) is 12.2 Å².